The molecule has 1 rings (SSSR count). The monoisotopic (exact) mass is 309 g/mol. The molecule has 0 heterocycles. The van der Waals surface area contributed by atoms with Gasteiger partial charge in [0.05, 0.1) is 6.04 Å². The fourth-order valence-corrected chi connectivity index (χ4v) is 2.31. The molecule has 0 spiro atoms. The molecule has 0 fully saturated rings. The van der Waals surface area contributed by atoms with E-state index in [-0.39, 0.29) is 17.8 Å². The SMILES string of the molecule is C[C@H](NC(=O)CCl)c1ccc(Cl)cc1Br. The number of benzene rings is 1. The summed E-state index contributed by atoms with van der Waals surface area (Å²) >= 11 is 14.6. The highest BCUT2D eigenvalue weighted by Gasteiger charge is 2.11. The number of carbonyl (C=O) groups is 1. The number of amides is 1. The molecule has 2 nitrogen and oxygen atoms in total. The summed E-state index contributed by atoms with van der Waals surface area (Å²) in [5.41, 5.74) is 0.970. The number of hydrogen-bond donors (Lipinski definition) is 1. The quantitative estimate of drug-likeness (QED) is 0.850. The van der Waals surface area contributed by atoms with Crippen molar-refractivity contribution in [2.45, 2.75) is 13.0 Å². The van der Waals surface area contributed by atoms with E-state index < -0.39 is 0 Å². The first-order chi connectivity index (χ1) is 7.04. The Balaban J connectivity index is 2.82. The Hall–Kier alpha value is -0.250. The molecule has 1 aromatic rings. The molecule has 0 aromatic heterocycles. The largest absolute Gasteiger partial charge is 0.349 e. The van der Waals surface area contributed by atoms with E-state index in [0.717, 1.165) is 10.0 Å². The Morgan fingerprint density at radius 1 is 1.60 bits per heavy atom. The molecular weight excluding hydrogens is 301 g/mol. The summed E-state index contributed by atoms with van der Waals surface area (Å²) in [6.45, 7) is 1.89. The van der Waals surface area contributed by atoms with Crippen molar-refractivity contribution >= 4 is 45.0 Å². The predicted octanol–water partition coefficient (Wildman–Crippen LogP) is 3.52. The second-order valence-corrected chi connectivity index (χ2v) is 4.65. The summed E-state index contributed by atoms with van der Waals surface area (Å²) in [6, 6.07) is 5.35. The van der Waals surface area contributed by atoms with Gasteiger partial charge in [-0.3, -0.25) is 4.79 Å². The molecule has 0 aliphatic heterocycles. The summed E-state index contributed by atoms with van der Waals surface area (Å²) in [7, 11) is 0. The van der Waals surface area contributed by atoms with E-state index in [4.69, 9.17) is 23.2 Å². The van der Waals surface area contributed by atoms with Gasteiger partial charge in [0.25, 0.3) is 0 Å². The van der Waals surface area contributed by atoms with Crippen LogP contribution in [-0.2, 0) is 4.79 Å². The molecule has 0 unspecified atom stereocenters. The van der Waals surface area contributed by atoms with Crippen LogP contribution in [0.1, 0.15) is 18.5 Å². The molecular formula is C10H10BrCl2NO. The zero-order valence-corrected chi connectivity index (χ0v) is 11.2. The lowest BCUT2D eigenvalue weighted by molar-refractivity contribution is -0.119. The molecule has 82 valence electrons. The Labute approximate surface area is 107 Å². The lowest BCUT2D eigenvalue weighted by Crippen LogP contribution is -2.27. The maximum Gasteiger partial charge on any atom is 0.235 e. The van der Waals surface area contributed by atoms with Gasteiger partial charge in [-0.25, -0.2) is 0 Å². The highest BCUT2D eigenvalue weighted by atomic mass is 79.9. The van der Waals surface area contributed by atoms with Crippen LogP contribution in [0.15, 0.2) is 22.7 Å². The van der Waals surface area contributed by atoms with Gasteiger partial charge in [-0.05, 0) is 24.6 Å². The van der Waals surface area contributed by atoms with Gasteiger partial charge in [0.2, 0.25) is 5.91 Å². The van der Waals surface area contributed by atoms with E-state index in [1.54, 1.807) is 12.1 Å². The second-order valence-electron chi connectivity index (χ2n) is 3.09. The third kappa shape index (κ3) is 3.67. The van der Waals surface area contributed by atoms with E-state index in [1.807, 2.05) is 13.0 Å². The maximum absolute atomic E-state index is 11.1. The van der Waals surface area contributed by atoms with Crippen molar-refractivity contribution in [3.63, 3.8) is 0 Å². The summed E-state index contributed by atoms with van der Waals surface area (Å²) in [4.78, 5) is 11.1. The molecule has 0 saturated heterocycles. The summed E-state index contributed by atoms with van der Waals surface area (Å²) in [5.74, 6) is -0.221. The van der Waals surface area contributed by atoms with Crippen LogP contribution in [0.4, 0.5) is 0 Å². The molecule has 1 aromatic carbocycles. The molecule has 1 amide bonds. The van der Waals surface area contributed by atoms with Crippen LogP contribution in [0, 0.1) is 0 Å². The zero-order valence-electron chi connectivity index (χ0n) is 8.06. The fraction of sp³-hybridized carbons (Fsp3) is 0.300. The molecule has 0 aliphatic carbocycles. The topological polar surface area (TPSA) is 29.1 Å². The van der Waals surface area contributed by atoms with Gasteiger partial charge in [0.1, 0.15) is 5.88 Å². The molecule has 0 bridgehead atoms. The van der Waals surface area contributed by atoms with Crippen molar-refractivity contribution < 1.29 is 4.79 Å². The van der Waals surface area contributed by atoms with E-state index in [9.17, 15) is 4.79 Å². The average molecular weight is 311 g/mol. The van der Waals surface area contributed by atoms with Gasteiger partial charge < -0.3 is 5.32 Å². The summed E-state index contributed by atoms with van der Waals surface area (Å²) < 4.78 is 0.873. The van der Waals surface area contributed by atoms with Crippen LogP contribution >= 0.6 is 39.1 Å². The van der Waals surface area contributed by atoms with Crippen LogP contribution in [0.5, 0.6) is 0 Å². The van der Waals surface area contributed by atoms with Crippen molar-refractivity contribution in [1.82, 2.24) is 5.32 Å². The number of halogens is 3. The average Bonchev–Trinajstić information content (AvgIpc) is 2.17. The predicted molar refractivity (Wildman–Crippen MR) is 66.4 cm³/mol. The molecule has 5 heteroatoms. The van der Waals surface area contributed by atoms with Crippen molar-refractivity contribution in [3.8, 4) is 0 Å². The Kier molecular flexibility index (Phi) is 4.90. The van der Waals surface area contributed by atoms with Gasteiger partial charge in [0.15, 0.2) is 0 Å². The standard InChI is InChI=1S/C10H10BrCl2NO/c1-6(14-10(15)5-12)8-3-2-7(13)4-9(8)11/h2-4,6H,5H2,1H3,(H,14,15)/t6-/m0/s1. The summed E-state index contributed by atoms with van der Waals surface area (Å²) in [6.07, 6.45) is 0. The first-order valence-electron chi connectivity index (χ1n) is 4.35. The molecule has 0 aliphatic rings. The number of carbonyl (C=O) groups excluding carboxylic acids is 1. The fourth-order valence-electron chi connectivity index (χ4n) is 1.21. The van der Waals surface area contributed by atoms with Crippen LogP contribution < -0.4 is 5.32 Å². The van der Waals surface area contributed by atoms with Gasteiger partial charge in [-0.2, -0.15) is 0 Å². The normalized spacial score (nSPS) is 12.3. The maximum atomic E-state index is 11.1. The Morgan fingerprint density at radius 3 is 2.80 bits per heavy atom. The Morgan fingerprint density at radius 2 is 2.27 bits per heavy atom. The highest BCUT2D eigenvalue weighted by molar-refractivity contribution is 9.10. The number of nitrogens with one attached hydrogen (secondary N) is 1. The van der Waals surface area contributed by atoms with Gasteiger partial charge >= 0.3 is 0 Å². The highest BCUT2D eigenvalue weighted by Crippen LogP contribution is 2.26. The van der Waals surface area contributed by atoms with Crippen molar-refractivity contribution in [1.29, 1.82) is 0 Å². The van der Waals surface area contributed by atoms with Crippen LogP contribution in [-0.4, -0.2) is 11.8 Å². The summed E-state index contributed by atoms with van der Waals surface area (Å²) in [5, 5.41) is 3.42. The second kappa shape index (κ2) is 5.73. The third-order valence-electron chi connectivity index (χ3n) is 1.93. The first kappa shape index (κ1) is 12.8. The van der Waals surface area contributed by atoms with Gasteiger partial charge in [-0.1, -0.05) is 33.6 Å². The molecule has 15 heavy (non-hydrogen) atoms. The minimum atomic E-state index is -0.189. The number of alkyl halides is 1. The van der Waals surface area contributed by atoms with Crippen molar-refractivity contribution in [2.24, 2.45) is 0 Å². The number of hydrogen-bond acceptors (Lipinski definition) is 1. The van der Waals surface area contributed by atoms with E-state index in [0.29, 0.717) is 5.02 Å². The van der Waals surface area contributed by atoms with Crippen molar-refractivity contribution in [2.75, 3.05) is 5.88 Å². The van der Waals surface area contributed by atoms with E-state index in [2.05, 4.69) is 21.2 Å². The lowest BCUT2D eigenvalue weighted by atomic mass is 10.1. The van der Waals surface area contributed by atoms with E-state index >= 15 is 0 Å². The minimum absolute atomic E-state index is 0.0322. The zero-order chi connectivity index (χ0) is 11.4. The van der Waals surface area contributed by atoms with Crippen LogP contribution in [0.2, 0.25) is 5.02 Å². The van der Waals surface area contributed by atoms with Gasteiger partial charge in [0, 0.05) is 9.50 Å². The van der Waals surface area contributed by atoms with E-state index in [1.165, 1.54) is 0 Å². The van der Waals surface area contributed by atoms with Gasteiger partial charge in [-0.15, -0.1) is 11.6 Å². The number of rotatable bonds is 3. The molecule has 0 saturated carbocycles. The molecule has 0 radical (unpaired) electrons. The van der Waals surface area contributed by atoms with Crippen molar-refractivity contribution in [3.05, 3.63) is 33.3 Å². The first-order valence-corrected chi connectivity index (χ1v) is 6.05. The Bertz CT molecular complexity index is 370. The van der Waals surface area contributed by atoms with Crippen LogP contribution in [0.25, 0.3) is 0 Å². The minimum Gasteiger partial charge on any atom is -0.349 e. The smallest absolute Gasteiger partial charge is 0.235 e. The third-order valence-corrected chi connectivity index (χ3v) is 3.09. The molecule has 1 N–H and O–H groups in total. The molecule has 1 atom stereocenters. The lowest BCUT2D eigenvalue weighted by Gasteiger charge is -2.15. The van der Waals surface area contributed by atoms with Crippen LogP contribution in [0.3, 0.4) is 0 Å².